The van der Waals surface area contributed by atoms with Crippen LogP contribution in [0.5, 0.6) is 0 Å². The minimum absolute atomic E-state index is 0.940. The van der Waals surface area contributed by atoms with Crippen molar-refractivity contribution in [2.45, 2.75) is 25.0 Å². The third-order valence-electron chi connectivity index (χ3n) is 2.60. The average molecular weight is 154 g/mol. The minimum Gasteiger partial charge on any atom is -0.158 e. The molecular weight excluding hydrogens is 140 g/mol. The highest BCUT2D eigenvalue weighted by Gasteiger charge is 2.35. The van der Waals surface area contributed by atoms with Crippen molar-refractivity contribution in [2.75, 3.05) is 5.75 Å². The SMILES string of the molecule is CCSC1CC2C=CC1C2. The molecule has 0 aromatic rings. The van der Waals surface area contributed by atoms with E-state index in [1.807, 2.05) is 0 Å². The Hall–Kier alpha value is 0.0900. The summed E-state index contributed by atoms with van der Waals surface area (Å²) >= 11 is 2.15. The summed E-state index contributed by atoms with van der Waals surface area (Å²) in [5.74, 6) is 3.19. The molecule has 3 atom stereocenters. The van der Waals surface area contributed by atoms with Gasteiger partial charge < -0.3 is 0 Å². The molecule has 0 saturated heterocycles. The number of thioether (sulfide) groups is 1. The number of fused-ring (bicyclic) bond motifs is 2. The average Bonchev–Trinajstić information content (AvgIpc) is 2.48. The maximum absolute atomic E-state index is 2.43. The van der Waals surface area contributed by atoms with E-state index in [1.165, 1.54) is 18.6 Å². The topological polar surface area (TPSA) is 0 Å². The molecular formula is C9H14S. The molecule has 2 aliphatic rings. The van der Waals surface area contributed by atoms with Gasteiger partial charge >= 0.3 is 0 Å². The van der Waals surface area contributed by atoms with Crippen LogP contribution in [0.15, 0.2) is 12.2 Å². The number of hydrogen-bond donors (Lipinski definition) is 0. The van der Waals surface area contributed by atoms with E-state index in [0.717, 1.165) is 17.1 Å². The smallest absolute Gasteiger partial charge is 0.0116 e. The van der Waals surface area contributed by atoms with Crippen LogP contribution in [0, 0.1) is 11.8 Å². The van der Waals surface area contributed by atoms with Crippen molar-refractivity contribution >= 4 is 11.8 Å². The number of hydrogen-bond acceptors (Lipinski definition) is 1. The van der Waals surface area contributed by atoms with E-state index in [-0.39, 0.29) is 0 Å². The van der Waals surface area contributed by atoms with Crippen LogP contribution in [0.3, 0.4) is 0 Å². The van der Waals surface area contributed by atoms with Gasteiger partial charge in [-0.2, -0.15) is 11.8 Å². The summed E-state index contributed by atoms with van der Waals surface area (Å²) in [4.78, 5) is 0. The third-order valence-corrected chi connectivity index (χ3v) is 3.90. The molecule has 0 spiro atoms. The third kappa shape index (κ3) is 1.01. The highest BCUT2D eigenvalue weighted by molar-refractivity contribution is 7.99. The van der Waals surface area contributed by atoms with Crippen molar-refractivity contribution in [2.24, 2.45) is 11.8 Å². The van der Waals surface area contributed by atoms with Crippen molar-refractivity contribution in [1.82, 2.24) is 0 Å². The van der Waals surface area contributed by atoms with Crippen LogP contribution in [0.2, 0.25) is 0 Å². The summed E-state index contributed by atoms with van der Waals surface area (Å²) in [6.07, 6.45) is 7.76. The van der Waals surface area contributed by atoms with Crippen LogP contribution in [-0.2, 0) is 0 Å². The second-order valence-corrected chi connectivity index (χ2v) is 4.79. The van der Waals surface area contributed by atoms with Gasteiger partial charge in [-0.05, 0) is 30.4 Å². The summed E-state index contributed by atoms with van der Waals surface area (Å²) in [6.45, 7) is 2.26. The summed E-state index contributed by atoms with van der Waals surface area (Å²) < 4.78 is 0. The molecule has 1 fully saturated rings. The Morgan fingerprint density at radius 2 is 2.30 bits per heavy atom. The first-order chi connectivity index (χ1) is 4.90. The maximum Gasteiger partial charge on any atom is 0.0116 e. The Kier molecular flexibility index (Phi) is 1.77. The zero-order valence-electron chi connectivity index (χ0n) is 6.42. The molecule has 0 radical (unpaired) electrons. The van der Waals surface area contributed by atoms with Crippen LogP contribution in [0.25, 0.3) is 0 Å². The molecule has 0 aromatic heterocycles. The summed E-state index contributed by atoms with van der Waals surface area (Å²) in [6, 6.07) is 0. The molecule has 10 heavy (non-hydrogen) atoms. The zero-order chi connectivity index (χ0) is 6.97. The van der Waals surface area contributed by atoms with E-state index in [9.17, 15) is 0 Å². The molecule has 0 aromatic carbocycles. The first-order valence-corrected chi connectivity index (χ1v) is 5.25. The van der Waals surface area contributed by atoms with Crippen molar-refractivity contribution in [3.8, 4) is 0 Å². The molecule has 2 bridgehead atoms. The Bertz CT molecular complexity index is 151. The summed E-state index contributed by atoms with van der Waals surface area (Å²) in [5, 5.41) is 0.972. The molecule has 0 heterocycles. The normalized spacial score (nSPS) is 43.1. The molecule has 0 nitrogen and oxygen atoms in total. The first-order valence-electron chi connectivity index (χ1n) is 4.20. The minimum atomic E-state index is 0.940. The Morgan fingerprint density at radius 3 is 2.80 bits per heavy atom. The molecule has 0 aliphatic heterocycles. The Labute approximate surface area is 67.1 Å². The highest BCUT2D eigenvalue weighted by atomic mass is 32.2. The van der Waals surface area contributed by atoms with Crippen LogP contribution in [0.1, 0.15) is 19.8 Å². The van der Waals surface area contributed by atoms with E-state index in [0.29, 0.717) is 0 Å². The van der Waals surface area contributed by atoms with Gasteiger partial charge in [0, 0.05) is 5.25 Å². The quantitative estimate of drug-likeness (QED) is 0.551. The zero-order valence-corrected chi connectivity index (χ0v) is 7.23. The van der Waals surface area contributed by atoms with Crippen molar-refractivity contribution in [3.05, 3.63) is 12.2 Å². The molecule has 0 N–H and O–H groups in total. The second kappa shape index (κ2) is 2.61. The van der Waals surface area contributed by atoms with Gasteiger partial charge in [-0.3, -0.25) is 0 Å². The Morgan fingerprint density at radius 1 is 1.40 bits per heavy atom. The molecule has 2 aliphatic carbocycles. The number of rotatable bonds is 2. The van der Waals surface area contributed by atoms with Gasteiger partial charge in [0.15, 0.2) is 0 Å². The molecule has 1 saturated carbocycles. The molecule has 1 heteroatoms. The van der Waals surface area contributed by atoms with E-state index in [2.05, 4.69) is 30.8 Å². The Balaban J connectivity index is 1.96. The summed E-state index contributed by atoms with van der Waals surface area (Å²) in [5.41, 5.74) is 0. The van der Waals surface area contributed by atoms with Gasteiger partial charge in [0.1, 0.15) is 0 Å². The van der Waals surface area contributed by atoms with Gasteiger partial charge in [-0.25, -0.2) is 0 Å². The van der Waals surface area contributed by atoms with Gasteiger partial charge in [0.05, 0.1) is 0 Å². The standard InChI is InChI=1S/C9H14S/c1-2-10-9-6-7-3-4-8(9)5-7/h3-4,7-9H,2,5-6H2,1H3. The van der Waals surface area contributed by atoms with Gasteiger partial charge in [0.25, 0.3) is 0 Å². The predicted molar refractivity (Wildman–Crippen MR) is 47.3 cm³/mol. The van der Waals surface area contributed by atoms with Crippen LogP contribution >= 0.6 is 11.8 Å². The largest absolute Gasteiger partial charge is 0.158 e. The van der Waals surface area contributed by atoms with Gasteiger partial charge in [-0.15, -0.1) is 0 Å². The molecule has 0 amide bonds. The lowest BCUT2D eigenvalue weighted by molar-refractivity contribution is 0.692. The second-order valence-electron chi connectivity index (χ2n) is 3.27. The lowest BCUT2D eigenvalue weighted by Gasteiger charge is -2.15. The lowest BCUT2D eigenvalue weighted by atomic mass is 10.1. The van der Waals surface area contributed by atoms with E-state index >= 15 is 0 Å². The molecule has 3 unspecified atom stereocenters. The maximum atomic E-state index is 2.43. The lowest BCUT2D eigenvalue weighted by Crippen LogP contribution is -2.08. The summed E-state index contributed by atoms with van der Waals surface area (Å²) in [7, 11) is 0. The van der Waals surface area contributed by atoms with Crippen molar-refractivity contribution in [1.29, 1.82) is 0 Å². The highest BCUT2D eigenvalue weighted by Crippen LogP contribution is 2.44. The fourth-order valence-corrected chi connectivity index (χ4v) is 3.40. The molecule has 56 valence electrons. The number of allylic oxidation sites excluding steroid dienone is 2. The van der Waals surface area contributed by atoms with Crippen LogP contribution in [0.4, 0.5) is 0 Å². The molecule has 2 rings (SSSR count). The fourth-order valence-electron chi connectivity index (χ4n) is 2.14. The van der Waals surface area contributed by atoms with Crippen LogP contribution in [-0.4, -0.2) is 11.0 Å². The van der Waals surface area contributed by atoms with Gasteiger partial charge in [-0.1, -0.05) is 19.1 Å². The monoisotopic (exact) mass is 154 g/mol. The van der Waals surface area contributed by atoms with Gasteiger partial charge in [0.2, 0.25) is 0 Å². The van der Waals surface area contributed by atoms with Crippen molar-refractivity contribution in [3.63, 3.8) is 0 Å². The first kappa shape index (κ1) is 6.78. The van der Waals surface area contributed by atoms with E-state index in [4.69, 9.17) is 0 Å². The van der Waals surface area contributed by atoms with Crippen molar-refractivity contribution < 1.29 is 0 Å². The predicted octanol–water partition coefficient (Wildman–Crippen LogP) is 2.70. The van der Waals surface area contributed by atoms with E-state index in [1.54, 1.807) is 0 Å². The fraction of sp³-hybridized carbons (Fsp3) is 0.778. The van der Waals surface area contributed by atoms with E-state index < -0.39 is 0 Å². The van der Waals surface area contributed by atoms with Crippen LogP contribution < -0.4 is 0 Å².